The monoisotopic (exact) mass is 304 g/mol. The Labute approximate surface area is 118 Å². The number of rotatable bonds is 2. The topological polar surface area (TPSA) is 99.3 Å². The Hall–Kier alpha value is -1.47. The number of guanidine groups is 1. The molecule has 0 fully saturated rings. The van der Waals surface area contributed by atoms with E-state index in [1.54, 1.807) is 17.0 Å². The normalized spacial score (nSPS) is 14.3. The smallest absolute Gasteiger partial charge is 0.229 e. The van der Waals surface area contributed by atoms with Crippen molar-refractivity contribution in [3.8, 4) is 0 Å². The number of fused-ring (bicyclic) bond motifs is 1. The Balaban J connectivity index is 0.00000180. The third-order valence-electron chi connectivity index (χ3n) is 2.90. The number of hydrogen-bond acceptors (Lipinski definition) is 3. The molecule has 106 valence electrons. The van der Waals surface area contributed by atoms with Crippen LogP contribution in [0.5, 0.6) is 0 Å². The minimum absolute atomic E-state index is 0. The molecule has 1 heterocycles. The number of nitrogens with zero attached hydrogens (tertiary/aromatic N) is 1. The molecule has 1 aromatic carbocycles. The third kappa shape index (κ3) is 3.74. The minimum atomic E-state index is -3.27. The van der Waals surface area contributed by atoms with Crippen LogP contribution in [-0.2, 0) is 23.0 Å². The van der Waals surface area contributed by atoms with Crippen molar-refractivity contribution in [1.82, 2.24) is 4.90 Å². The largest absolute Gasteiger partial charge is 0.370 e. The highest BCUT2D eigenvalue weighted by Crippen LogP contribution is 2.26. The minimum Gasteiger partial charge on any atom is -0.370 e. The van der Waals surface area contributed by atoms with Gasteiger partial charge < -0.3 is 10.6 Å². The molecule has 1 aliphatic heterocycles. The number of halogens is 1. The van der Waals surface area contributed by atoms with E-state index < -0.39 is 10.0 Å². The van der Waals surface area contributed by atoms with Crippen LogP contribution < -0.4 is 10.5 Å². The van der Waals surface area contributed by atoms with E-state index in [4.69, 9.17) is 11.1 Å². The van der Waals surface area contributed by atoms with Gasteiger partial charge in [0, 0.05) is 13.1 Å². The van der Waals surface area contributed by atoms with Gasteiger partial charge in [0.2, 0.25) is 10.0 Å². The highest BCUT2D eigenvalue weighted by molar-refractivity contribution is 7.92. The summed E-state index contributed by atoms with van der Waals surface area (Å²) in [7, 11) is -3.27. The molecule has 0 radical (unpaired) electrons. The molecule has 0 aliphatic carbocycles. The first kappa shape index (κ1) is 15.6. The molecule has 6 nitrogen and oxygen atoms in total. The molecule has 0 bridgehead atoms. The van der Waals surface area contributed by atoms with Crippen LogP contribution in [0.2, 0.25) is 0 Å². The molecule has 0 saturated carbocycles. The first-order valence-corrected chi connectivity index (χ1v) is 7.43. The molecule has 4 N–H and O–H groups in total. The van der Waals surface area contributed by atoms with Crippen molar-refractivity contribution in [1.29, 1.82) is 5.41 Å². The second-order valence-corrected chi connectivity index (χ2v) is 6.12. The van der Waals surface area contributed by atoms with Crippen LogP contribution in [0.1, 0.15) is 11.1 Å². The zero-order chi connectivity index (χ0) is 13.3. The number of benzene rings is 1. The van der Waals surface area contributed by atoms with Gasteiger partial charge in [-0.1, -0.05) is 12.1 Å². The average molecular weight is 305 g/mol. The zero-order valence-corrected chi connectivity index (χ0v) is 12.1. The van der Waals surface area contributed by atoms with E-state index >= 15 is 0 Å². The summed E-state index contributed by atoms with van der Waals surface area (Å²) >= 11 is 0. The lowest BCUT2D eigenvalue weighted by Crippen LogP contribution is -2.40. The van der Waals surface area contributed by atoms with Crippen LogP contribution in [0.4, 0.5) is 5.69 Å². The van der Waals surface area contributed by atoms with E-state index in [1.165, 1.54) is 0 Å². The molecule has 0 spiro atoms. The van der Waals surface area contributed by atoms with Crippen molar-refractivity contribution in [3.63, 3.8) is 0 Å². The fourth-order valence-electron chi connectivity index (χ4n) is 2.11. The number of nitrogens with two attached hydrogens (primary N) is 1. The quantitative estimate of drug-likeness (QED) is 0.554. The number of nitrogens with one attached hydrogen (secondary N) is 2. The van der Waals surface area contributed by atoms with Gasteiger partial charge in [0.25, 0.3) is 0 Å². The Morgan fingerprint density at radius 1 is 1.47 bits per heavy atom. The predicted molar refractivity (Wildman–Crippen MR) is 78.2 cm³/mol. The lowest BCUT2D eigenvalue weighted by molar-refractivity contribution is 0.387. The fraction of sp³-hybridized carbons (Fsp3) is 0.364. The molecule has 0 atom stereocenters. The first-order chi connectivity index (χ1) is 8.37. The fourth-order valence-corrected chi connectivity index (χ4v) is 2.70. The average Bonchev–Trinajstić information content (AvgIpc) is 2.26. The van der Waals surface area contributed by atoms with Gasteiger partial charge in [-0.3, -0.25) is 10.1 Å². The predicted octanol–water partition coefficient (Wildman–Crippen LogP) is 0.731. The van der Waals surface area contributed by atoms with E-state index in [-0.39, 0.29) is 18.4 Å². The Kier molecular flexibility index (Phi) is 4.65. The molecular formula is C11H17ClN4O2S. The summed E-state index contributed by atoms with van der Waals surface area (Å²) in [6.45, 7) is 1.18. The molecular weight excluding hydrogens is 288 g/mol. The lowest BCUT2D eigenvalue weighted by atomic mass is 9.98. The van der Waals surface area contributed by atoms with Crippen molar-refractivity contribution in [2.45, 2.75) is 13.0 Å². The Morgan fingerprint density at radius 2 is 2.16 bits per heavy atom. The first-order valence-electron chi connectivity index (χ1n) is 5.54. The Bertz CT molecular complexity index is 588. The van der Waals surface area contributed by atoms with Crippen LogP contribution in [0, 0.1) is 5.41 Å². The van der Waals surface area contributed by atoms with Crippen LogP contribution >= 0.6 is 12.4 Å². The van der Waals surface area contributed by atoms with E-state index in [9.17, 15) is 8.42 Å². The molecule has 8 heteroatoms. The lowest BCUT2D eigenvalue weighted by Gasteiger charge is -2.30. The summed E-state index contributed by atoms with van der Waals surface area (Å²) < 4.78 is 25.1. The maximum Gasteiger partial charge on any atom is 0.229 e. The van der Waals surface area contributed by atoms with Crippen molar-refractivity contribution < 1.29 is 8.42 Å². The summed E-state index contributed by atoms with van der Waals surface area (Å²) in [4.78, 5) is 1.76. The maximum atomic E-state index is 11.3. The summed E-state index contributed by atoms with van der Waals surface area (Å²) in [6.07, 6.45) is 1.81. The number of hydrogen-bond donors (Lipinski definition) is 3. The molecule has 0 aromatic heterocycles. The van der Waals surface area contributed by atoms with Gasteiger partial charge in [-0.25, -0.2) is 8.42 Å². The molecule has 2 rings (SSSR count). The van der Waals surface area contributed by atoms with E-state index in [0.29, 0.717) is 25.2 Å². The van der Waals surface area contributed by atoms with Crippen LogP contribution in [-0.4, -0.2) is 32.1 Å². The van der Waals surface area contributed by atoms with Gasteiger partial charge in [-0.2, -0.15) is 0 Å². The van der Waals surface area contributed by atoms with Gasteiger partial charge in [0.1, 0.15) is 0 Å². The summed E-state index contributed by atoms with van der Waals surface area (Å²) in [5, 5.41) is 7.42. The number of anilines is 1. The van der Waals surface area contributed by atoms with Gasteiger partial charge >= 0.3 is 0 Å². The van der Waals surface area contributed by atoms with E-state index in [0.717, 1.165) is 17.4 Å². The molecule has 1 aliphatic rings. The second-order valence-electron chi connectivity index (χ2n) is 4.37. The maximum absolute atomic E-state index is 11.3. The summed E-state index contributed by atoms with van der Waals surface area (Å²) in [6, 6.07) is 5.48. The van der Waals surface area contributed by atoms with Gasteiger partial charge in [0.05, 0.1) is 11.9 Å². The standard InChI is InChI=1S/C11H16N4O2S.ClH/c1-18(16,17)14-10-4-2-3-8-7-15(11(12)13)6-5-9(8)10;/h2-4,14H,5-7H2,1H3,(H3,12,13);1H. The van der Waals surface area contributed by atoms with Crippen molar-refractivity contribution >= 4 is 34.1 Å². The highest BCUT2D eigenvalue weighted by Gasteiger charge is 2.20. The SMILES string of the molecule is CS(=O)(=O)Nc1cccc2c1CCN(C(=N)N)C2.Cl. The number of sulfonamides is 1. The van der Waals surface area contributed by atoms with E-state index in [1.807, 2.05) is 6.07 Å². The highest BCUT2D eigenvalue weighted by atomic mass is 35.5. The molecule has 19 heavy (non-hydrogen) atoms. The van der Waals surface area contributed by atoms with Crippen molar-refractivity contribution in [2.75, 3.05) is 17.5 Å². The van der Waals surface area contributed by atoms with Crippen LogP contribution in [0.25, 0.3) is 0 Å². The van der Waals surface area contributed by atoms with Crippen LogP contribution in [0.15, 0.2) is 18.2 Å². The molecule has 0 saturated heterocycles. The van der Waals surface area contributed by atoms with Gasteiger partial charge in [0.15, 0.2) is 5.96 Å². The van der Waals surface area contributed by atoms with Crippen molar-refractivity contribution in [3.05, 3.63) is 29.3 Å². The Morgan fingerprint density at radius 3 is 2.74 bits per heavy atom. The van der Waals surface area contributed by atoms with Gasteiger partial charge in [-0.15, -0.1) is 12.4 Å². The summed E-state index contributed by atoms with van der Waals surface area (Å²) in [5.74, 6) is 0.0436. The van der Waals surface area contributed by atoms with E-state index in [2.05, 4.69) is 4.72 Å². The zero-order valence-electron chi connectivity index (χ0n) is 10.5. The molecule has 0 unspecified atom stereocenters. The summed E-state index contributed by atoms with van der Waals surface area (Å²) in [5.41, 5.74) is 8.08. The van der Waals surface area contributed by atoms with Gasteiger partial charge in [-0.05, 0) is 23.6 Å². The third-order valence-corrected chi connectivity index (χ3v) is 3.49. The second kappa shape index (κ2) is 5.66. The van der Waals surface area contributed by atoms with Crippen molar-refractivity contribution in [2.24, 2.45) is 5.73 Å². The molecule has 1 aromatic rings. The van der Waals surface area contributed by atoms with Crippen LogP contribution in [0.3, 0.4) is 0 Å². The molecule has 0 amide bonds.